The van der Waals surface area contributed by atoms with E-state index < -0.39 is 0 Å². The van der Waals surface area contributed by atoms with Gasteiger partial charge in [-0.25, -0.2) is 4.68 Å². The van der Waals surface area contributed by atoms with E-state index in [1.807, 2.05) is 35.7 Å². The Morgan fingerprint density at radius 1 is 1.32 bits per heavy atom. The van der Waals surface area contributed by atoms with E-state index in [1.165, 1.54) is 0 Å². The second-order valence-corrected chi connectivity index (χ2v) is 6.19. The van der Waals surface area contributed by atoms with Crippen molar-refractivity contribution in [1.29, 1.82) is 0 Å². The average Bonchev–Trinajstić information content (AvgIpc) is 2.96. The zero-order chi connectivity index (χ0) is 13.4. The molecule has 2 N–H and O–H groups in total. The number of rotatable bonds is 2. The zero-order valence-corrected chi connectivity index (χ0v) is 12.8. The molecule has 96 valence electrons. The Morgan fingerprint density at radius 3 is 2.79 bits per heavy atom. The molecule has 6 heteroatoms. The molecule has 0 radical (unpaired) electrons. The van der Waals surface area contributed by atoms with Crippen molar-refractivity contribution in [3.8, 4) is 16.3 Å². The number of thiophene rings is 1. The third-order valence-electron chi connectivity index (χ3n) is 2.64. The SMILES string of the molecule is Nc1cn(-c2ccccc2Cl)nc1-c1cc(Br)cs1. The first-order chi connectivity index (χ1) is 9.15. The molecule has 1 aromatic carbocycles. The van der Waals surface area contributed by atoms with Gasteiger partial charge in [0.1, 0.15) is 5.69 Å². The summed E-state index contributed by atoms with van der Waals surface area (Å²) in [5.41, 5.74) is 8.26. The van der Waals surface area contributed by atoms with Crippen LogP contribution < -0.4 is 5.73 Å². The van der Waals surface area contributed by atoms with Crippen molar-refractivity contribution in [3.63, 3.8) is 0 Å². The summed E-state index contributed by atoms with van der Waals surface area (Å²) in [7, 11) is 0. The predicted octanol–water partition coefficient (Wildman–Crippen LogP) is 4.60. The Balaban J connectivity index is 2.10. The number of anilines is 1. The third-order valence-corrected chi connectivity index (χ3v) is 4.66. The molecule has 0 aliphatic carbocycles. The zero-order valence-electron chi connectivity index (χ0n) is 9.68. The van der Waals surface area contributed by atoms with Gasteiger partial charge < -0.3 is 5.73 Å². The first-order valence-corrected chi connectivity index (χ1v) is 7.54. The molecule has 19 heavy (non-hydrogen) atoms. The van der Waals surface area contributed by atoms with Crippen LogP contribution in [0.1, 0.15) is 0 Å². The smallest absolute Gasteiger partial charge is 0.126 e. The Kier molecular flexibility index (Phi) is 3.35. The molecule has 0 unspecified atom stereocenters. The molecule has 0 atom stereocenters. The quantitative estimate of drug-likeness (QED) is 0.731. The van der Waals surface area contributed by atoms with Gasteiger partial charge in [0.15, 0.2) is 0 Å². The lowest BCUT2D eigenvalue weighted by Gasteiger charge is -2.02. The van der Waals surface area contributed by atoms with Crippen LogP contribution in [0.15, 0.2) is 46.4 Å². The van der Waals surface area contributed by atoms with Gasteiger partial charge in [-0.1, -0.05) is 23.7 Å². The highest BCUT2D eigenvalue weighted by Crippen LogP contribution is 2.33. The van der Waals surface area contributed by atoms with Crippen LogP contribution in [-0.2, 0) is 0 Å². The minimum absolute atomic E-state index is 0.634. The molecule has 0 bridgehead atoms. The summed E-state index contributed by atoms with van der Waals surface area (Å²) >= 11 is 11.2. The molecule has 2 heterocycles. The Hall–Kier alpha value is -1.30. The highest BCUT2D eigenvalue weighted by atomic mass is 79.9. The maximum absolute atomic E-state index is 6.16. The number of nitrogen functional groups attached to an aromatic ring is 1. The Bertz CT molecular complexity index is 735. The lowest BCUT2D eigenvalue weighted by atomic mass is 10.3. The maximum atomic E-state index is 6.16. The van der Waals surface area contributed by atoms with Crippen molar-refractivity contribution in [2.24, 2.45) is 0 Å². The summed E-state index contributed by atoms with van der Waals surface area (Å²) in [6.45, 7) is 0. The Labute approximate surface area is 127 Å². The lowest BCUT2D eigenvalue weighted by molar-refractivity contribution is 0.885. The number of nitrogens with two attached hydrogens (primary N) is 1. The fourth-order valence-corrected chi connectivity index (χ4v) is 3.43. The van der Waals surface area contributed by atoms with Crippen LogP contribution in [0, 0.1) is 0 Å². The summed E-state index contributed by atoms with van der Waals surface area (Å²) in [5, 5.41) is 7.17. The van der Waals surface area contributed by atoms with E-state index in [0.29, 0.717) is 10.7 Å². The molecule has 3 rings (SSSR count). The third kappa shape index (κ3) is 2.41. The number of hydrogen-bond donors (Lipinski definition) is 1. The van der Waals surface area contributed by atoms with Crippen molar-refractivity contribution in [2.45, 2.75) is 0 Å². The van der Waals surface area contributed by atoms with E-state index in [1.54, 1.807) is 22.2 Å². The standard InChI is InChI=1S/C13H9BrClN3S/c14-8-5-12(19-7-8)13-10(16)6-18(17-13)11-4-2-1-3-9(11)15/h1-7H,16H2. The Morgan fingerprint density at radius 2 is 2.11 bits per heavy atom. The monoisotopic (exact) mass is 353 g/mol. The van der Waals surface area contributed by atoms with E-state index in [2.05, 4.69) is 21.0 Å². The number of hydrogen-bond acceptors (Lipinski definition) is 3. The van der Waals surface area contributed by atoms with Gasteiger partial charge in [0.25, 0.3) is 0 Å². The molecule has 0 saturated heterocycles. The summed E-state index contributed by atoms with van der Waals surface area (Å²) in [5.74, 6) is 0. The lowest BCUT2D eigenvalue weighted by Crippen LogP contribution is -1.95. The maximum Gasteiger partial charge on any atom is 0.126 e. The molecule has 0 aliphatic heterocycles. The summed E-state index contributed by atoms with van der Waals surface area (Å²) in [6.07, 6.45) is 1.78. The van der Waals surface area contributed by atoms with E-state index in [9.17, 15) is 0 Å². The van der Waals surface area contributed by atoms with Gasteiger partial charge in [0.05, 0.1) is 27.5 Å². The van der Waals surface area contributed by atoms with E-state index in [4.69, 9.17) is 17.3 Å². The van der Waals surface area contributed by atoms with Gasteiger partial charge in [0, 0.05) is 9.85 Å². The van der Waals surface area contributed by atoms with E-state index in [0.717, 1.165) is 20.7 Å². The molecule has 0 saturated carbocycles. The average molecular weight is 355 g/mol. The van der Waals surface area contributed by atoms with Crippen LogP contribution in [0.3, 0.4) is 0 Å². The van der Waals surface area contributed by atoms with Gasteiger partial charge in [-0.05, 0) is 34.1 Å². The van der Waals surface area contributed by atoms with Crippen LogP contribution in [0.25, 0.3) is 16.3 Å². The molecule has 0 spiro atoms. The predicted molar refractivity (Wildman–Crippen MR) is 84.0 cm³/mol. The van der Waals surface area contributed by atoms with Crippen LogP contribution in [-0.4, -0.2) is 9.78 Å². The van der Waals surface area contributed by atoms with Gasteiger partial charge in [-0.15, -0.1) is 11.3 Å². The van der Waals surface area contributed by atoms with Crippen LogP contribution in [0.4, 0.5) is 5.69 Å². The molecule has 0 fully saturated rings. The van der Waals surface area contributed by atoms with Crippen molar-refractivity contribution in [2.75, 3.05) is 5.73 Å². The molecule has 0 aliphatic rings. The first-order valence-electron chi connectivity index (χ1n) is 5.49. The molecule has 0 amide bonds. The molecule has 2 aromatic heterocycles. The van der Waals surface area contributed by atoms with Gasteiger partial charge in [0.2, 0.25) is 0 Å². The highest BCUT2D eigenvalue weighted by Gasteiger charge is 2.12. The first kappa shape index (κ1) is 12.7. The highest BCUT2D eigenvalue weighted by molar-refractivity contribution is 9.10. The molecular weight excluding hydrogens is 346 g/mol. The van der Waals surface area contributed by atoms with Gasteiger partial charge in [-0.2, -0.15) is 5.10 Å². The van der Waals surface area contributed by atoms with Gasteiger partial charge in [-0.3, -0.25) is 0 Å². The minimum Gasteiger partial charge on any atom is -0.396 e. The van der Waals surface area contributed by atoms with Crippen molar-refractivity contribution in [3.05, 3.63) is 51.4 Å². The number of halogens is 2. The van der Waals surface area contributed by atoms with Crippen molar-refractivity contribution >= 4 is 44.6 Å². The van der Waals surface area contributed by atoms with E-state index >= 15 is 0 Å². The number of benzene rings is 1. The fourth-order valence-electron chi connectivity index (χ4n) is 1.78. The van der Waals surface area contributed by atoms with Crippen LogP contribution >= 0.6 is 38.9 Å². The summed E-state index contributed by atoms with van der Waals surface area (Å²) in [4.78, 5) is 1.02. The number of para-hydroxylation sites is 1. The van der Waals surface area contributed by atoms with Crippen molar-refractivity contribution in [1.82, 2.24) is 9.78 Å². The number of aromatic nitrogens is 2. The van der Waals surface area contributed by atoms with Gasteiger partial charge >= 0.3 is 0 Å². The second kappa shape index (κ2) is 5.00. The fraction of sp³-hybridized carbons (Fsp3) is 0. The second-order valence-electron chi connectivity index (χ2n) is 3.96. The minimum atomic E-state index is 0.634. The normalized spacial score (nSPS) is 10.8. The number of nitrogens with zero attached hydrogens (tertiary/aromatic N) is 2. The molecule has 3 aromatic rings. The summed E-state index contributed by atoms with van der Waals surface area (Å²) < 4.78 is 2.74. The molecular formula is C13H9BrClN3S. The van der Waals surface area contributed by atoms with E-state index in [-0.39, 0.29) is 0 Å². The van der Waals surface area contributed by atoms with Crippen molar-refractivity contribution < 1.29 is 0 Å². The molecule has 3 nitrogen and oxygen atoms in total. The topological polar surface area (TPSA) is 43.8 Å². The van der Waals surface area contributed by atoms with Crippen LogP contribution in [0.5, 0.6) is 0 Å². The van der Waals surface area contributed by atoms with Crippen LogP contribution in [0.2, 0.25) is 5.02 Å². The summed E-state index contributed by atoms with van der Waals surface area (Å²) in [6, 6.07) is 9.54. The largest absolute Gasteiger partial charge is 0.396 e.